The Morgan fingerprint density at radius 1 is 1.13 bits per heavy atom. The third-order valence-corrected chi connectivity index (χ3v) is 4.94. The first kappa shape index (κ1) is 20.3. The van der Waals surface area contributed by atoms with E-state index in [0.717, 1.165) is 22.6 Å². The zero-order valence-corrected chi connectivity index (χ0v) is 17.6. The summed E-state index contributed by atoms with van der Waals surface area (Å²) in [6.45, 7) is 3.92. The van der Waals surface area contributed by atoms with Crippen LogP contribution in [0.15, 0.2) is 60.9 Å². The van der Waals surface area contributed by atoms with Crippen molar-refractivity contribution in [3.05, 3.63) is 77.9 Å². The molecule has 0 saturated heterocycles. The van der Waals surface area contributed by atoms with Crippen LogP contribution in [-0.4, -0.2) is 43.0 Å². The summed E-state index contributed by atoms with van der Waals surface area (Å²) in [6, 6.07) is 16.6. The molecule has 2 aromatic carbocycles. The van der Waals surface area contributed by atoms with Gasteiger partial charge in [0.15, 0.2) is 0 Å². The van der Waals surface area contributed by atoms with Crippen LogP contribution in [0.3, 0.4) is 0 Å². The molecular formula is C22H23N7O2. The van der Waals surface area contributed by atoms with Crippen LogP contribution in [0.1, 0.15) is 23.0 Å². The van der Waals surface area contributed by atoms with Gasteiger partial charge in [-0.15, -0.1) is 5.10 Å². The molecule has 0 unspecified atom stereocenters. The highest BCUT2D eigenvalue weighted by molar-refractivity contribution is 5.94. The van der Waals surface area contributed by atoms with Gasteiger partial charge in [-0.1, -0.05) is 30.3 Å². The molecule has 2 heterocycles. The summed E-state index contributed by atoms with van der Waals surface area (Å²) in [7, 11) is 1.59. The maximum Gasteiger partial charge on any atom is 0.249 e. The number of tetrazole rings is 1. The van der Waals surface area contributed by atoms with Crippen molar-refractivity contribution in [2.45, 2.75) is 26.3 Å². The Kier molecular flexibility index (Phi) is 5.74. The second-order valence-electron chi connectivity index (χ2n) is 7.21. The van der Waals surface area contributed by atoms with Crippen molar-refractivity contribution < 1.29 is 9.53 Å². The molecule has 0 saturated carbocycles. The number of hydrogen-bond donors (Lipinski definition) is 1. The average Bonchev–Trinajstić information content (AvgIpc) is 3.42. The maximum atomic E-state index is 13.1. The first-order valence-electron chi connectivity index (χ1n) is 9.84. The monoisotopic (exact) mass is 417 g/mol. The summed E-state index contributed by atoms with van der Waals surface area (Å²) in [6.07, 6.45) is 1.90. The normalized spacial score (nSPS) is 11.8. The van der Waals surface area contributed by atoms with E-state index in [9.17, 15) is 4.79 Å². The second-order valence-corrected chi connectivity index (χ2v) is 7.21. The van der Waals surface area contributed by atoms with E-state index in [1.165, 1.54) is 11.0 Å². The number of benzene rings is 2. The fourth-order valence-electron chi connectivity index (χ4n) is 3.48. The lowest BCUT2D eigenvalue weighted by Gasteiger charge is -2.17. The smallest absolute Gasteiger partial charge is 0.249 e. The van der Waals surface area contributed by atoms with E-state index in [1.807, 2.05) is 67.1 Å². The summed E-state index contributed by atoms with van der Waals surface area (Å²) in [5.41, 5.74) is 4.33. The third kappa shape index (κ3) is 4.45. The van der Waals surface area contributed by atoms with Gasteiger partial charge in [0.2, 0.25) is 5.91 Å². The van der Waals surface area contributed by atoms with E-state index < -0.39 is 6.04 Å². The fourth-order valence-corrected chi connectivity index (χ4v) is 3.48. The number of aryl methyl sites for hydroxylation is 2. The zero-order chi connectivity index (χ0) is 21.8. The Bertz CT molecular complexity index is 1170. The summed E-state index contributed by atoms with van der Waals surface area (Å²) in [5, 5.41) is 18.8. The molecule has 0 aliphatic rings. The average molecular weight is 417 g/mol. The number of carbonyl (C=O) groups excluding carboxylic acids is 1. The predicted molar refractivity (Wildman–Crippen MR) is 115 cm³/mol. The largest absolute Gasteiger partial charge is 0.494 e. The minimum Gasteiger partial charge on any atom is -0.494 e. The Labute approximate surface area is 179 Å². The predicted octanol–water partition coefficient (Wildman–Crippen LogP) is 2.91. The molecule has 0 radical (unpaired) electrons. The summed E-state index contributed by atoms with van der Waals surface area (Å²) < 4.78 is 8.85. The molecule has 0 bridgehead atoms. The summed E-state index contributed by atoms with van der Waals surface area (Å²) >= 11 is 0. The molecule has 31 heavy (non-hydrogen) atoms. The fraction of sp³-hybridized carbons (Fsp3) is 0.227. The van der Waals surface area contributed by atoms with Crippen LogP contribution in [-0.2, 0) is 11.2 Å². The lowest BCUT2D eigenvalue weighted by molar-refractivity contribution is -0.119. The number of anilines is 1. The van der Waals surface area contributed by atoms with Crippen molar-refractivity contribution in [2.24, 2.45) is 0 Å². The Morgan fingerprint density at radius 3 is 2.58 bits per heavy atom. The van der Waals surface area contributed by atoms with Crippen LogP contribution in [0.2, 0.25) is 0 Å². The van der Waals surface area contributed by atoms with Crippen molar-refractivity contribution in [1.82, 2.24) is 30.0 Å². The van der Waals surface area contributed by atoms with E-state index in [0.29, 0.717) is 17.9 Å². The van der Waals surface area contributed by atoms with E-state index in [1.54, 1.807) is 13.2 Å². The van der Waals surface area contributed by atoms with Gasteiger partial charge in [0.1, 0.15) is 23.8 Å². The number of nitrogens with one attached hydrogen (secondary N) is 1. The topological polar surface area (TPSA) is 99.7 Å². The van der Waals surface area contributed by atoms with Gasteiger partial charge in [-0.25, -0.2) is 9.36 Å². The Hall–Kier alpha value is -4.01. The Morgan fingerprint density at radius 2 is 1.94 bits per heavy atom. The molecular weight excluding hydrogens is 394 g/mol. The highest BCUT2D eigenvalue weighted by Gasteiger charge is 2.23. The lowest BCUT2D eigenvalue weighted by atomic mass is 10.1. The first-order valence-corrected chi connectivity index (χ1v) is 9.84. The standard InChI is InChI=1S/C22H23N7O2/c1-15-11-16(2)29(25-15)19-10-9-18(13-21(19)31-3)24-22(30)20(28-14-23-26-27-28)12-17-7-5-4-6-8-17/h4-11,13-14,20H,12H2,1-3H3,(H,24,30)/t20-/m0/s1. The van der Waals surface area contributed by atoms with Crippen molar-refractivity contribution in [3.8, 4) is 11.4 Å². The molecule has 1 amide bonds. The molecule has 1 atom stereocenters. The van der Waals surface area contributed by atoms with Gasteiger partial charge >= 0.3 is 0 Å². The summed E-state index contributed by atoms with van der Waals surface area (Å²) in [4.78, 5) is 13.1. The molecule has 158 valence electrons. The van der Waals surface area contributed by atoms with Crippen molar-refractivity contribution >= 4 is 11.6 Å². The Balaban J connectivity index is 1.59. The highest BCUT2D eigenvalue weighted by atomic mass is 16.5. The van der Waals surface area contributed by atoms with Crippen LogP contribution in [0, 0.1) is 13.8 Å². The molecule has 0 aliphatic carbocycles. The van der Waals surface area contributed by atoms with Crippen LogP contribution in [0.4, 0.5) is 5.69 Å². The van der Waals surface area contributed by atoms with Crippen molar-refractivity contribution in [2.75, 3.05) is 12.4 Å². The summed E-state index contributed by atoms with van der Waals surface area (Å²) in [5.74, 6) is 0.378. The van der Waals surface area contributed by atoms with Gasteiger partial charge in [0.25, 0.3) is 0 Å². The number of nitrogens with zero attached hydrogens (tertiary/aromatic N) is 6. The minimum atomic E-state index is -0.598. The number of hydrogen-bond acceptors (Lipinski definition) is 6. The number of rotatable bonds is 7. The quantitative estimate of drug-likeness (QED) is 0.496. The zero-order valence-electron chi connectivity index (χ0n) is 17.6. The van der Waals surface area contributed by atoms with Gasteiger partial charge in [0, 0.05) is 23.9 Å². The molecule has 4 rings (SSSR count). The number of carbonyl (C=O) groups is 1. The van der Waals surface area contributed by atoms with Gasteiger partial charge in [0.05, 0.1) is 12.8 Å². The van der Waals surface area contributed by atoms with E-state index in [-0.39, 0.29) is 5.91 Å². The van der Waals surface area contributed by atoms with Gasteiger partial charge in [-0.2, -0.15) is 5.10 Å². The van der Waals surface area contributed by atoms with Gasteiger partial charge in [-0.05, 0) is 48.0 Å². The van der Waals surface area contributed by atoms with Crippen molar-refractivity contribution in [3.63, 3.8) is 0 Å². The van der Waals surface area contributed by atoms with Gasteiger partial charge in [-0.3, -0.25) is 4.79 Å². The first-order chi connectivity index (χ1) is 15.0. The molecule has 2 aromatic heterocycles. The number of aromatic nitrogens is 6. The third-order valence-electron chi connectivity index (χ3n) is 4.94. The maximum absolute atomic E-state index is 13.1. The molecule has 0 spiro atoms. The van der Waals surface area contributed by atoms with E-state index in [2.05, 4.69) is 25.9 Å². The molecule has 1 N–H and O–H groups in total. The van der Waals surface area contributed by atoms with Crippen LogP contribution in [0.25, 0.3) is 5.69 Å². The van der Waals surface area contributed by atoms with Gasteiger partial charge < -0.3 is 10.1 Å². The van der Waals surface area contributed by atoms with E-state index >= 15 is 0 Å². The molecule has 9 heteroatoms. The minimum absolute atomic E-state index is 0.225. The molecule has 4 aromatic rings. The van der Waals surface area contributed by atoms with Crippen LogP contribution in [0.5, 0.6) is 5.75 Å². The highest BCUT2D eigenvalue weighted by Crippen LogP contribution is 2.28. The van der Waals surface area contributed by atoms with Crippen molar-refractivity contribution in [1.29, 1.82) is 0 Å². The number of amides is 1. The molecule has 9 nitrogen and oxygen atoms in total. The second kappa shape index (κ2) is 8.78. The van der Waals surface area contributed by atoms with E-state index in [4.69, 9.17) is 4.74 Å². The SMILES string of the molecule is COc1cc(NC(=O)[C@H](Cc2ccccc2)n2cnnn2)ccc1-n1nc(C)cc1C. The molecule has 0 aliphatic heterocycles. The number of ether oxygens (including phenoxy) is 1. The number of methoxy groups -OCH3 is 1. The van der Waals surface area contributed by atoms with Crippen LogP contribution < -0.4 is 10.1 Å². The lowest BCUT2D eigenvalue weighted by Crippen LogP contribution is -2.28. The van der Waals surface area contributed by atoms with Crippen LogP contribution >= 0.6 is 0 Å². The molecule has 0 fully saturated rings.